The first kappa shape index (κ1) is 27.5. The molecule has 1 atom stereocenters. The number of nitrogens with zero attached hydrogens (tertiary/aromatic N) is 2. The van der Waals surface area contributed by atoms with Crippen molar-refractivity contribution in [3.05, 3.63) is 101 Å². The number of aliphatic hydroxyl groups is 1. The van der Waals surface area contributed by atoms with Gasteiger partial charge in [0.2, 0.25) is 0 Å². The van der Waals surface area contributed by atoms with Crippen molar-refractivity contribution in [3.8, 4) is 5.75 Å². The van der Waals surface area contributed by atoms with Crippen LogP contribution in [-0.2, 0) is 0 Å². The first-order chi connectivity index (χ1) is 18.3. The maximum atomic E-state index is 13.7. The van der Waals surface area contributed by atoms with Crippen LogP contribution in [0.5, 0.6) is 5.75 Å². The van der Waals surface area contributed by atoms with Crippen LogP contribution in [0, 0.1) is 5.82 Å². The number of carbonyl (C=O) groups is 1. The van der Waals surface area contributed by atoms with E-state index in [-0.39, 0.29) is 30.5 Å². The molecule has 6 nitrogen and oxygen atoms in total. The van der Waals surface area contributed by atoms with Crippen molar-refractivity contribution in [2.24, 2.45) is 0 Å². The Labute approximate surface area is 224 Å². The van der Waals surface area contributed by atoms with Gasteiger partial charge in [0, 0.05) is 25.8 Å². The maximum Gasteiger partial charge on any atom is 0.253 e. The highest BCUT2D eigenvalue weighted by Crippen LogP contribution is 2.33. The highest BCUT2D eigenvalue weighted by molar-refractivity contribution is 5.94. The Kier molecular flexibility index (Phi) is 9.26. The summed E-state index contributed by atoms with van der Waals surface area (Å²) in [6.45, 7) is 8.42. The summed E-state index contributed by atoms with van der Waals surface area (Å²) in [5.41, 5.74) is 5.93. The van der Waals surface area contributed by atoms with E-state index < -0.39 is 0 Å². The van der Waals surface area contributed by atoms with Crippen LogP contribution in [0.15, 0.2) is 72.6 Å². The van der Waals surface area contributed by atoms with Gasteiger partial charge >= 0.3 is 0 Å². The summed E-state index contributed by atoms with van der Waals surface area (Å²) in [7, 11) is 0. The summed E-state index contributed by atoms with van der Waals surface area (Å²) >= 11 is 0. The molecule has 1 amide bonds. The number of amides is 1. The summed E-state index contributed by atoms with van der Waals surface area (Å²) in [4.78, 5) is 19.3. The third kappa shape index (κ3) is 7.05. The molecule has 1 fully saturated rings. The normalized spacial score (nSPS) is 14.8. The van der Waals surface area contributed by atoms with Gasteiger partial charge < -0.3 is 20.1 Å². The second-order valence-electron chi connectivity index (χ2n) is 9.94. The van der Waals surface area contributed by atoms with Gasteiger partial charge in [0.1, 0.15) is 11.6 Å². The standard InChI is InChI=1S/C31H36FN3O3/c1-21(2)38-29-18-27(19-33-20-29)31(37)34-22(3)23-4-6-24(7-5-23)30(25-8-10-28(32)11-9-25)26-12-14-35(15-13-26)16-17-36/h4-11,18-22,36H,12-17H2,1-3H3,(H,34,37)/t22-/m1/s1. The van der Waals surface area contributed by atoms with E-state index in [0.29, 0.717) is 17.9 Å². The molecule has 2 heterocycles. The molecule has 3 aromatic rings. The second kappa shape index (κ2) is 12.8. The Bertz CT molecular complexity index is 1250. The Hall–Kier alpha value is -3.55. The van der Waals surface area contributed by atoms with E-state index in [1.807, 2.05) is 45.0 Å². The van der Waals surface area contributed by atoms with Crippen molar-refractivity contribution >= 4 is 11.5 Å². The van der Waals surface area contributed by atoms with Crippen LogP contribution in [-0.4, -0.2) is 53.2 Å². The summed E-state index contributed by atoms with van der Waals surface area (Å²) in [6, 6.07) is 16.4. The number of rotatable bonds is 9. The van der Waals surface area contributed by atoms with E-state index in [1.165, 1.54) is 23.9 Å². The molecule has 0 radical (unpaired) electrons. The van der Waals surface area contributed by atoms with E-state index in [4.69, 9.17) is 4.74 Å². The zero-order valence-electron chi connectivity index (χ0n) is 22.3. The van der Waals surface area contributed by atoms with Gasteiger partial charge in [-0.05, 0) is 74.1 Å². The van der Waals surface area contributed by atoms with Crippen molar-refractivity contribution in [1.82, 2.24) is 15.2 Å². The predicted octanol–water partition coefficient (Wildman–Crippen LogP) is 5.39. The number of β-amino-alcohol motifs (C(OH)–C–C–N with tert-alkyl or cyclic N) is 1. The monoisotopic (exact) mass is 517 g/mol. The topological polar surface area (TPSA) is 74.7 Å². The lowest BCUT2D eigenvalue weighted by atomic mass is 9.87. The first-order valence-electron chi connectivity index (χ1n) is 13.2. The van der Waals surface area contributed by atoms with Gasteiger partial charge in [-0.3, -0.25) is 9.78 Å². The fourth-order valence-electron chi connectivity index (χ4n) is 4.81. The highest BCUT2D eigenvalue weighted by atomic mass is 19.1. The van der Waals surface area contributed by atoms with Gasteiger partial charge in [0.25, 0.3) is 5.91 Å². The summed E-state index contributed by atoms with van der Waals surface area (Å²) < 4.78 is 19.3. The summed E-state index contributed by atoms with van der Waals surface area (Å²) in [5, 5.41) is 12.3. The molecule has 4 rings (SSSR count). The predicted molar refractivity (Wildman–Crippen MR) is 148 cm³/mol. The van der Waals surface area contributed by atoms with Crippen LogP contribution < -0.4 is 10.1 Å². The van der Waals surface area contributed by atoms with Crippen molar-refractivity contribution < 1.29 is 19.0 Å². The second-order valence-corrected chi connectivity index (χ2v) is 9.94. The molecule has 200 valence electrons. The SMILES string of the molecule is CC(C)Oc1cncc(C(=O)N[C@H](C)c2ccc(C(=C3CCN(CCO)CC3)c3ccc(F)cc3)cc2)c1. The minimum Gasteiger partial charge on any atom is -0.489 e. The maximum absolute atomic E-state index is 13.7. The van der Waals surface area contributed by atoms with E-state index >= 15 is 0 Å². The Morgan fingerprint density at radius 2 is 1.63 bits per heavy atom. The van der Waals surface area contributed by atoms with Crippen molar-refractivity contribution in [2.75, 3.05) is 26.2 Å². The molecule has 0 unspecified atom stereocenters. The number of aliphatic hydroxyl groups excluding tert-OH is 1. The molecule has 0 aliphatic carbocycles. The summed E-state index contributed by atoms with van der Waals surface area (Å²) in [6.07, 6.45) is 4.92. The number of nitrogens with one attached hydrogen (secondary N) is 1. The molecule has 0 spiro atoms. The minimum absolute atomic E-state index is 0.00425. The molecule has 1 aliphatic heterocycles. The zero-order valence-corrected chi connectivity index (χ0v) is 22.3. The number of hydrogen-bond donors (Lipinski definition) is 2. The third-order valence-electron chi connectivity index (χ3n) is 6.76. The number of benzene rings is 2. The van der Waals surface area contributed by atoms with Gasteiger partial charge in [0.15, 0.2) is 0 Å². The van der Waals surface area contributed by atoms with E-state index in [9.17, 15) is 14.3 Å². The van der Waals surface area contributed by atoms with Gasteiger partial charge in [-0.1, -0.05) is 42.0 Å². The minimum atomic E-state index is -0.257. The molecule has 2 aromatic carbocycles. The molecule has 1 aromatic heterocycles. The van der Waals surface area contributed by atoms with Crippen LogP contribution in [0.2, 0.25) is 0 Å². The molecule has 0 bridgehead atoms. The number of likely N-dealkylation sites (tertiary alicyclic amines) is 1. The van der Waals surface area contributed by atoms with Gasteiger partial charge in [-0.25, -0.2) is 4.39 Å². The fraction of sp³-hybridized carbons (Fsp3) is 0.355. The smallest absolute Gasteiger partial charge is 0.253 e. The molecule has 2 N–H and O–H groups in total. The fourth-order valence-corrected chi connectivity index (χ4v) is 4.81. The van der Waals surface area contributed by atoms with Crippen LogP contribution in [0.25, 0.3) is 5.57 Å². The van der Waals surface area contributed by atoms with Gasteiger partial charge in [-0.15, -0.1) is 0 Å². The van der Waals surface area contributed by atoms with Crippen molar-refractivity contribution in [3.63, 3.8) is 0 Å². The molecule has 38 heavy (non-hydrogen) atoms. The molecule has 1 saturated heterocycles. The number of ether oxygens (including phenoxy) is 1. The Balaban J connectivity index is 1.53. The summed E-state index contributed by atoms with van der Waals surface area (Å²) in [5.74, 6) is 0.0903. The van der Waals surface area contributed by atoms with Gasteiger partial charge in [0.05, 0.1) is 30.5 Å². The molecular weight excluding hydrogens is 481 g/mol. The van der Waals surface area contributed by atoms with E-state index in [1.54, 1.807) is 12.3 Å². The zero-order chi connectivity index (χ0) is 27.1. The van der Waals surface area contributed by atoms with Crippen LogP contribution in [0.1, 0.15) is 66.7 Å². The average Bonchev–Trinajstić information content (AvgIpc) is 2.91. The molecular formula is C31H36FN3O3. The quantitative estimate of drug-likeness (QED) is 0.398. The largest absolute Gasteiger partial charge is 0.489 e. The third-order valence-corrected chi connectivity index (χ3v) is 6.76. The number of aromatic nitrogens is 1. The lowest BCUT2D eigenvalue weighted by Crippen LogP contribution is -2.33. The van der Waals surface area contributed by atoms with Gasteiger partial charge in [-0.2, -0.15) is 0 Å². The number of hydrogen-bond acceptors (Lipinski definition) is 5. The van der Waals surface area contributed by atoms with Crippen molar-refractivity contribution in [2.45, 2.75) is 45.8 Å². The lowest BCUT2D eigenvalue weighted by Gasteiger charge is -2.29. The van der Waals surface area contributed by atoms with Crippen LogP contribution in [0.4, 0.5) is 4.39 Å². The Morgan fingerprint density at radius 1 is 1.00 bits per heavy atom. The number of carbonyl (C=O) groups excluding carboxylic acids is 1. The first-order valence-corrected chi connectivity index (χ1v) is 13.2. The number of pyridine rings is 1. The lowest BCUT2D eigenvalue weighted by molar-refractivity contribution is 0.0938. The highest BCUT2D eigenvalue weighted by Gasteiger charge is 2.20. The van der Waals surface area contributed by atoms with Crippen LogP contribution in [0.3, 0.4) is 0 Å². The number of piperidine rings is 1. The molecule has 0 saturated carbocycles. The molecule has 7 heteroatoms. The number of halogens is 1. The van der Waals surface area contributed by atoms with E-state index in [2.05, 4.69) is 27.3 Å². The van der Waals surface area contributed by atoms with Crippen molar-refractivity contribution in [1.29, 1.82) is 0 Å². The Morgan fingerprint density at radius 3 is 2.24 bits per heavy atom. The molecule has 1 aliphatic rings. The van der Waals surface area contributed by atoms with Crippen LogP contribution >= 0.6 is 0 Å². The van der Waals surface area contributed by atoms with E-state index in [0.717, 1.165) is 48.2 Å². The average molecular weight is 518 g/mol.